The predicted octanol–water partition coefficient (Wildman–Crippen LogP) is 3.59. The van der Waals surface area contributed by atoms with Crippen molar-refractivity contribution in [3.8, 4) is 0 Å². The van der Waals surface area contributed by atoms with Crippen molar-refractivity contribution in [1.82, 2.24) is 0 Å². The van der Waals surface area contributed by atoms with Gasteiger partial charge in [0.25, 0.3) is 0 Å². The maximum absolute atomic E-state index is 12.6. The van der Waals surface area contributed by atoms with Crippen LogP contribution in [-0.2, 0) is 9.59 Å². The molecule has 6 nitrogen and oxygen atoms in total. The number of allylic oxidation sites excluding steroid dienone is 2. The first-order valence-corrected chi connectivity index (χ1v) is 11.4. The molecule has 0 aromatic heterocycles. The summed E-state index contributed by atoms with van der Waals surface area (Å²) in [7, 11) is 0. The van der Waals surface area contributed by atoms with Gasteiger partial charge in [0.2, 0.25) is 5.91 Å². The number of carbonyl (C=O) groups is 2. The second kappa shape index (κ2) is 9.84. The molecule has 1 fully saturated rings. The van der Waals surface area contributed by atoms with E-state index < -0.39 is 17.8 Å². The molecular formula is C24H24Cl2N3O3-. The number of nitrogens with one attached hydrogen (secondary N) is 1. The molecule has 2 atom stereocenters. The Morgan fingerprint density at radius 1 is 0.875 bits per heavy atom. The Bertz CT molecular complexity index is 1020. The third-order valence-corrected chi connectivity index (χ3v) is 6.93. The lowest BCUT2D eigenvalue weighted by Gasteiger charge is -2.37. The van der Waals surface area contributed by atoms with Crippen LogP contribution in [0.4, 0.5) is 17.1 Å². The number of halogens is 2. The summed E-state index contributed by atoms with van der Waals surface area (Å²) in [6.45, 7) is 3.29. The van der Waals surface area contributed by atoms with Gasteiger partial charge in [-0.1, -0.05) is 41.4 Å². The maximum atomic E-state index is 12.6. The Morgan fingerprint density at radius 2 is 1.50 bits per heavy atom. The minimum Gasteiger partial charge on any atom is -0.550 e. The molecule has 0 bridgehead atoms. The normalized spacial score (nSPS) is 20.8. The number of rotatable bonds is 5. The van der Waals surface area contributed by atoms with Gasteiger partial charge in [-0.25, -0.2) is 0 Å². The van der Waals surface area contributed by atoms with Crippen LogP contribution in [0.25, 0.3) is 0 Å². The highest BCUT2D eigenvalue weighted by Crippen LogP contribution is 2.33. The van der Waals surface area contributed by atoms with Gasteiger partial charge < -0.3 is 25.0 Å². The number of aliphatic carboxylic acids is 1. The molecular weight excluding hydrogens is 449 g/mol. The van der Waals surface area contributed by atoms with Gasteiger partial charge in [0.15, 0.2) is 0 Å². The first kappa shape index (κ1) is 22.5. The smallest absolute Gasteiger partial charge is 0.228 e. The Balaban J connectivity index is 1.35. The van der Waals surface area contributed by atoms with Crippen LogP contribution >= 0.6 is 23.2 Å². The number of carboxylic acids is 1. The van der Waals surface area contributed by atoms with E-state index in [-0.39, 0.29) is 5.91 Å². The summed E-state index contributed by atoms with van der Waals surface area (Å²) in [6.07, 6.45) is 4.37. The van der Waals surface area contributed by atoms with Crippen LogP contribution in [0.3, 0.4) is 0 Å². The maximum Gasteiger partial charge on any atom is 0.228 e. The molecule has 0 unspecified atom stereocenters. The Hall–Kier alpha value is -2.70. The number of hydrogen-bond acceptors (Lipinski definition) is 5. The summed E-state index contributed by atoms with van der Waals surface area (Å²) >= 11 is 12.5. The lowest BCUT2D eigenvalue weighted by molar-refractivity contribution is -0.313. The molecule has 1 aliphatic carbocycles. The van der Waals surface area contributed by atoms with E-state index in [0.717, 1.165) is 37.6 Å². The van der Waals surface area contributed by atoms with Crippen molar-refractivity contribution in [3.05, 3.63) is 64.7 Å². The Kier molecular flexibility index (Phi) is 6.92. The molecule has 2 aliphatic rings. The summed E-state index contributed by atoms with van der Waals surface area (Å²) in [5, 5.41) is 15.3. The molecule has 0 spiro atoms. The number of piperazine rings is 1. The number of hydrogen-bond donors (Lipinski definition) is 1. The fraction of sp³-hybridized carbons (Fsp3) is 0.333. The number of nitrogens with zero attached hydrogens (tertiary/aromatic N) is 2. The Labute approximate surface area is 197 Å². The van der Waals surface area contributed by atoms with Gasteiger partial charge in [0.1, 0.15) is 0 Å². The van der Waals surface area contributed by atoms with Crippen LogP contribution in [0.15, 0.2) is 54.6 Å². The number of amides is 1. The molecule has 1 amide bonds. The van der Waals surface area contributed by atoms with E-state index >= 15 is 0 Å². The van der Waals surface area contributed by atoms with Crippen LogP contribution in [0, 0.1) is 11.8 Å². The van der Waals surface area contributed by atoms with Crippen molar-refractivity contribution in [2.45, 2.75) is 12.8 Å². The SMILES string of the molecule is O=C(Nc1ccc(N2CCN(c3cccc(Cl)c3Cl)CC2)cc1)[C@H]1CC=CC[C@H]1C(=O)[O-]. The first-order valence-electron chi connectivity index (χ1n) is 10.6. The lowest BCUT2D eigenvalue weighted by Crippen LogP contribution is -2.46. The van der Waals surface area contributed by atoms with Crippen LogP contribution < -0.4 is 20.2 Å². The van der Waals surface area contributed by atoms with Gasteiger partial charge in [0, 0.05) is 49.4 Å². The van der Waals surface area contributed by atoms with Crippen molar-refractivity contribution >= 4 is 52.1 Å². The zero-order valence-electron chi connectivity index (χ0n) is 17.5. The predicted molar refractivity (Wildman–Crippen MR) is 126 cm³/mol. The largest absolute Gasteiger partial charge is 0.550 e. The summed E-state index contributed by atoms with van der Waals surface area (Å²) in [5.74, 6) is -2.87. The fourth-order valence-electron chi connectivity index (χ4n) is 4.30. The molecule has 1 heterocycles. The highest BCUT2D eigenvalue weighted by Gasteiger charge is 2.30. The van der Waals surface area contributed by atoms with Gasteiger partial charge >= 0.3 is 0 Å². The van der Waals surface area contributed by atoms with Crippen molar-refractivity contribution in [1.29, 1.82) is 0 Å². The lowest BCUT2D eigenvalue weighted by atomic mass is 9.82. The Morgan fingerprint density at radius 3 is 2.16 bits per heavy atom. The van der Waals surface area contributed by atoms with Crippen LogP contribution in [-0.4, -0.2) is 38.1 Å². The van der Waals surface area contributed by atoms with Crippen LogP contribution in [0.5, 0.6) is 0 Å². The number of carboxylic acid groups (broad SMARTS) is 1. The zero-order chi connectivity index (χ0) is 22.7. The third-order valence-electron chi connectivity index (χ3n) is 6.12. The van der Waals surface area contributed by atoms with Crippen molar-refractivity contribution in [2.24, 2.45) is 11.8 Å². The number of anilines is 3. The molecule has 1 N–H and O–H groups in total. The van der Waals surface area contributed by atoms with E-state index in [0.29, 0.717) is 28.6 Å². The van der Waals surface area contributed by atoms with Crippen molar-refractivity contribution in [2.75, 3.05) is 41.3 Å². The first-order chi connectivity index (χ1) is 15.4. The molecule has 0 radical (unpaired) electrons. The van der Waals surface area contributed by atoms with E-state index in [9.17, 15) is 14.7 Å². The van der Waals surface area contributed by atoms with Crippen molar-refractivity contribution in [3.63, 3.8) is 0 Å². The molecule has 2 aromatic rings. The molecule has 168 valence electrons. The van der Waals surface area contributed by atoms with Gasteiger partial charge in [-0.2, -0.15) is 0 Å². The van der Waals surface area contributed by atoms with E-state index in [1.54, 1.807) is 12.1 Å². The molecule has 4 rings (SSSR count). The van der Waals surface area contributed by atoms with E-state index in [1.165, 1.54) is 0 Å². The number of benzene rings is 2. The highest BCUT2D eigenvalue weighted by atomic mass is 35.5. The standard InChI is InChI=1S/C24H25Cl2N3O3/c25-20-6-3-7-21(22(20)26)29-14-12-28(13-15-29)17-10-8-16(9-11-17)27-23(30)18-4-1-2-5-19(18)24(31)32/h1-3,6-11,18-19H,4-5,12-15H2,(H,27,30)(H,31,32)/p-1/t18-,19+/m0/s1. The van der Waals surface area contributed by atoms with Crippen LogP contribution in [0.1, 0.15) is 12.8 Å². The highest BCUT2D eigenvalue weighted by molar-refractivity contribution is 6.43. The average Bonchev–Trinajstić information content (AvgIpc) is 2.81. The molecule has 0 saturated carbocycles. The van der Waals surface area contributed by atoms with Gasteiger partial charge in [0.05, 0.1) is 21.7 Å². The minimum atomic E-state index is -1.18. The third kappa shape index (κ3) is 4.87. The summed E-state index contributed by atoms with van der Waals surface area (Å²) in [4.78, 5) is 28.5. The van der Waals surface area contributed by atoms with Gasteiger partial charge in [-0.15, -0.1) is 0 Å². The molecule has 1 aliphatic heterocycles. The quantitative estimate of drug-likeness (QED) is 0.672. The van der Waals surface area contributed by atoms with Crippen molar-refractivity contribution < 1.29 is 14.7 Å². The van der Waals surface area contributed by atoms with E-state index in [2.05, 4.69) is 15.1 Å². The summed E-state index contributed by atoms with van der Waals surface area (Å²) in [5.41, 5.74) is 2.66. The average molecular weight is 473 g/mol. The topological polar surface area (TPSA) is 75.7 Å². The molecule has 1 saturated heterocycles. The molecule has 32 heavy (non-hydrogen) atoms. The van der Waals surface area contributed by atoms with Gasteiger partial charge in [-0.05, 0) is 49.2 Å². The second-order valence-electron chi connectivity index (χ2n) is 8.06. The summed E-state index contributed by atoms with van der Waals surface area (Å²) < 4.78 is 0. The zero-order valence-corrected chi connectivity index (χ0v) is 19.0. The van der Waals surface area contributed by atoms with Crippen LogP contribution in [0.2, 0.25) is 10.0 Å². The van der Waals surface area contributed by atoms with E-state index in [4.69, 9.17) is 23.2 Å². The molecule has 8 heteroatoms. The number of carbonyl (C=O) groups excluding carboxylic acids is 2. The van der Waals surface area contributed by atoms with E-state index in [1.807, 2.05) is 42.5 Å². The summed E-state index contributed by atoms with van der Waals surface area (Å²) in [6, 6.07) is 13.3. The second-order valence-corrected chi connectivity index (χ2v) is 8.84. The van der Waals surface area contributed by atoms with Gasteiger partial charge in [-0.3, -0.25) is 4.79 Å². The fourth-order valence-corrected chi connectivity index (χ4v) is 4.71. The molecule has 2 aromatic carbocycles. The monoisotopic (exact) mass is 472 g/mol. The minimum absolute atomic E-state index is 0.289.